The van der Waals surface area contributed by atoms with Crippen molar-refractivity contribution in [3.63, 3.8) is 0 Å². The number of methoxy groups -OCH3 is 2. The van der Waals surface area contributed by atoms with Gasteiger partial charge in [-0.15, -0.1) is 0 Å². The van der Waals surface area contributed by atoms with Crippen molar-refractivity contribution in [3.8, 4) is 17.2 Å². The summed E-state index contributed by atoms with van der Waals surface area (Å²) in [7, 11) is 3.02. The maximum atomic E-state index is 12.4. The molecule has 0 aliphatic rings. The van der Waals surface area contributed by atoms with E-state index in [4.69, 9.17) is 25.8 Å². The van der Waals surface area contributed by atoms with E-state index >= 15 is 0 Å². The third-order valence-corrected chi connectivity index (χ3v) is 4.52. The van der Waals surface area contributed by atoms with Gasteiger partial charge in [-0.25, -0.2) is 0 Å². The average Bonchev–Trinajstić information content (AvgIpc) is 2.72. The molecule has 2 N–H and O–H groups in total. The van der Waals surface area contributed by atoms with Crippen molar-refractivity contribution in [2.24, 2.45) is 5.92 Å². The quantitative estimate of drug-likeness (QED) is 0.586. The number of hydrogen-bond acceptors (Lipinski definition) is 5. The molecule has 8 heteroatoms. The van der Waals surface area contributed by atoms with Gasteiger partial charge in [-0.05, 0) is 48.7 Å². The number of nitrogens with one attached hydrogen (secondary N) is 2. The van der Waals surface area contributed by atoms with E-state index < -0.39 is 11.8 Å². The van der Waals surface area contributed by atoms with E-state index in [9.17, 15) is 9.59 Å². The lowest BCUT2D eigenvalue weighted by molar-refractivity contribution is -0.121. The molecule has 0 bridgehead atoms. The minimum absolute atomic E-state index is 0.00400. The number of carbonyl (C=O) groups excluding carboxylic acids is 2. The number of carbonyl (C=O) groups is 2. The summed E-state index contributed by atoms with van der Waals surface area (Å²) in [6.07, 6.45) is 0.908. The summed E-state index contributed by atoms with van der Waals surface area (Å²) >= 11 is 5.97. The second-order valence-corrected chi connectivity index (χ2v) is 7.47. The third-order valence-electron chi connectivity index (χ3n) is 4.29. The topological polar surface area (TPSA) is 85.9 Å². The summed E-state index contributed by atoms with van der Waals surface area (Å²) in [6, 6.07) is 9.84. The van der Waals surface area contributed by atoms with Crippen molar-refractivity contribution in [3.05, 3.63) is 52.5 Å². The molecule has 162 valence electrons. The molecule has 2 aromatic rings. The zero-order valence-electron chi connectivity index (χ0n) is 17.6. The van der Waals surface area contributed by atoms with Crippen LogP contribution in [0, 0.1) is 5.92 Å². The molecule has 0 heterocycles. The van der Waals surface area contributed by atoms with E-state index in [2.05, 4.69) is 24.7 Å². The smallest absolute Gasteiger partial charge is 0.269 e. The highest BCUT2D eigenvalue weighted by Gasteiger charge is 2.14. The molecule has 0 aromatic heterocycles. The molecular weight excluding hydrogens is 408 g/mol. The summed E-state index contributed by atoms with van der Waals surface area (Å²) in [4.78, 5) is 24.6. The Balaban J connectivity index is 1.95. The van der Waals surface area contributed by atoms with Crippen LogP contribution in [0.25, 0.3) is 0 Å². The van der Waals surface area contributed by atoms with Gasteiger partial charge in [-0.3, -0.25) is 20.4 Å². The van der Waals surface area contributed by atoms with Crippen LogP contribution in [-0.2, 0) is 11.2 Å². The highest BCUT2D eigenvalue weighted by molar-refractivity contribution is 6.30. The van der Waals surface area contributed by atoms with Crippen molar-refractivity contribution >= 4 is 23.4 Å². The summed E-state index contributed by atoms with van der Waals surface area (Å²) in [5.74, 6) is 1.18. The minimum Gasteiger partial charge on any atom is -0.496 e. The monoisotopic (exact) mass is 434 g/mol. The molecule has 0 saturated carbocycles. The van der Waals surface area contributed by atoms with Crippen molar-refractivity contribution in [2.75, 3.05) is 20.8 Å². The largest absolute Gasteiger partial charge is 0.496 e. The Morgan fingerprint density at radius 1 is 0.967 bits per heavy atom. The maximum Gasteiger partial charge on any atom is 0.269 e. The summed E-state index contributed by atoms with van der Waals surface area (Å²) < 4.78 is 16.3. The Morgan fingerprint density at radius 3 is 2.33 bits per heavy atom. The molecule has 0 radical (unpaired) electrons. The van der Waals surface area contributed by atoms with Crippen LogP contribution in [0.3, 0.4) is 0 Å². The lowest BCUT2D eigenvalue weighted by atomic mass is 10.1. The third kappa shape index (κ3) is 6.84. The van der Waals surface area contributed by atoms with Gasteiger partial charge in [-0.2, -0.15) is 0 Å². The summed E-state index contributed by atoms with van der Waals surface area (Å²) in [5, 5.41) is 0.491. The molecule has 0 saturated heterocycles. The van der Waals surface area contributed by atoms with Gasteiger partial charge in [0.1, 0.15) is 5.75 Å². The van der Waals surface area contributed by atoms with E-state index in [-0.39, 0.29) is 6.42 Å². The molecule has 30 heavy (non-hydrogen) atoms. The number of hydrogen-bond donors (Lipinski definition) is 2. The van der Waals surface area contributed by atoms with E-state index in [1.165, 1.54) is 14.2 Å². The van der Waals surface area contributed by atoms with Gasteiger partial charge in [0.2, 0.25) is 5.91 Å². The first-order valence-electron chi connectivity index (χ1n) is 9.56. The fraction of sp³-hybridized carbons (Fsp3) is 0.364. The van der Waals surface area contributed by atoms with Crippen molar-refractivity contribution in [1.29, 1.82) is 0 Å². The minimum atomic E-state index is -0.478. The molecule has 0 aliphatic heterocycles. The zero-order chi connectivity index (χ0) is 22.1. The Bertz CT molecular complexity index is 886. The summed E-state index contributed by atoms with van der Waals surface area (Å²) in [6.45, 7) is 4.79. The second-order valence-electron chi connectivity index (χ2n) is 7.03. The molecule has 0 aliphatic carbocycles. The Hall–Kier alpha value is -2.93. The Labute approximate surface area is 181 Å². The normalized spacial score (nSPS) is 10.5. The van der Waals surface area contributed by atoms with Crippen molar-refractivity contribution in [2.45, 2.75) is 26.7 Å². The van der Waals surface area contributed by atoms with Gasteiger partial charge in [0.25, 0.3) is 5.91 Å². The lowest BCUT2D eigenvalue weighted by Gasteiger charge is -2.13. The first-order valence-corrected chi connectivity index (χ1v) is 9.94. The van der Waals surface area contributed by atoms with Gasteiger partial charge < -0.3 is 14.2 Å². The van der Waals surface area contributed by atoms with E-state index in [0.29, 0.717) is 45.9 Å². The van der Waals surface area contributed by atoms with Gasteiger partial charge in [0, 0.05) is 16.1 Å². The molecule has 0 fully saturated rings. The van der Waals surface area contributed by atoms with Crippen LogP contribution in [0.1, 0.15) is 36.2 Å². The predicted molar refractivity (Wildman–Crippen MR) is 115 cm³/mol. The van der Waals surface area contributed by atoms with Gasteiger partial charge >= 0.3 is 0 Å². The van der Waals surface area contributed by atoms with E-state index in [1.54, 1.807) is 36.4 Å². The number of ether oxygens (including phenoxy) is 3. The molecular formula is C22H27ClN2O5. The average molecular weight is 435 g/mol. The Morgan fingerprint density at radius 2 is 1.67 bits per heavy atom. The molecule has 0 spiro atoms. The molecule has 2 aromatic carbocycles. The van der Waals surface area contributed by atoms with Gasteiger partial charge in [-0.1, -0.05) is 25.4 Å². The highest BCUT2D eigenvalue weighted by Crippen LogP contribution is 2.28. The first kappa shape index (κ1) is 23.3. The Kier molecular flexibility index (Phi) is 8.80. The molecule has 0 unspecified atom stereocenters. The van der Waals surface area contributed by atoms with Crippen LogP contribution in [0.15, 0.2) is 36.4 Å². The predicted octanol–water partition coefficient (Wildman–Crippen LogP) is 3.79. The zero-order valence-corrected chi connectivity index (χ0v) is 18.3. The number of halogens is 1. The molecule has 7 nitrogen and oxygen atoms in total. The number of hydrazine groups is 1. The van der Waals surface area contributed by atoms with Crippen molar-refractivity contribution in [1.82, 2.24) is 10.9 Å². The molecule has 2 amide bonds. The SMILES string of the molecule is COc1ccc(Cl)cc1CC(=O)NNC(=O)c1ccc(OCCC(C)C)c(OC)c1. The van der Waals surface area contributed by atoms with Crippen LogP contribution >= 0.6 is 11.6 Å². The standard InChI is InChI=1S/C22H27ClN2O5/c1-14(2)9-10-30-19-7-5-15(12-20(19)29-4)22(27)25-24-21(26)13-16-11-17(23)6-8-18(16)28-3/h5-8,11-12,14H,9-10,13H2,1-4H3,(H,24,26)(H,25,27). The first-order chi connectivity index (χ1) is 14.3. The van der Waals surface area contributed by atoms with E-state index in [1.807, 2.05) is 0 Å². The van der Waals surface area contributed by atoms with Crippen LogP contribution in [0.5, 0.6) is 17.2 Å². The van der Waals surface area contributed by atoms with Gasteiger partial charge in [0.15, 0.2) is 11.5 Å². The molecule has 2 rings (SSSR count). The number of rotatable bonds is 9. The van der Waals surface area contributed by atoms with Crippen molar-refractivity contribution < 1.29 is 23.8 Å². The van der Waals surface area contributed by atoms with Crippen LogP contribution < -0.4 is 25.1 Å². The number of benzene rings is 2. The van der Waals surface area contributed by atoms with E-state index in [0.717, 1.165) is 6.42 Å². The lowest BCUT2D eigenvalue weighted by Crippen LogP contribution is -2.42. The van der Waals surface area contributed by atoms with Crippen LogP contribution in [0.4, 0.5) is 0 Å². The molecule has 0 atom stereocenters. The van der Waals surface area contributed by atoms with Crippen LogP contribution in [0.2, 0.25) is 5.02 Å². The van der Waals surface area contributed by atoms with Gasteiger partial charge in [0.05, 0.1) is 27.2 Å². The second kappa shape index (κ2) is 11.3. The summed E-state index contributed by atoms with van der Waals surface area (Å²) in [5.41, 5.74) is 5.72. The highest BCUT2D eigenvalue weighted by atomic mass is 35.5. The number of amides is 2. The fourth-order valence-electron chi connectivity index (χ4n) is 2.63. The maximum absolute atomic E-state index is 12.4. The van der Waals surface area contributed by atoms with Crippen LogP contribution in [-0.4, -0.2) is 32.6 Å². The fourth-order valence-corrected chi connectivity index (χ4v) is 2.83.